The Morgan fingerprint density at radius 2 is 2.00 bits per heavy atom. The van der Waals surface area contributed by atoms with Gasteiger partial charge in [-0.2, -0.15) is 0 Å². The molecule has 2 rings (SSSR count). The van der Waals surface area contributed by atoms with Gasteiger partial charge in [-0.05, 0) is 25.0 Å². The Labute approximate surface area is 138 Å². The number of ether oxygens (including phenoxy) is 1. The van der Waals surface area contributed by atoms with Gasteiger partial charge in [0.25, 0.3) is 5.91 Å². The predicted octanol–water partition coefficient (Wildman–Crippen LogP) is 2.91. The van der Waals surface area contributed by atoms with Crippen LogP contribution >= 0.6 is 23.2 Å². The van der Waals surface area contributed by atoms with Crippen LogP contribution in [0.1, 0.15) is 31.2 Å². The van der Waals surface area contributed by atoms with Crippen molar-refractivity contribution in [2.24, 2.45) is 0 Å². The average Bonchev–Trinajstić information content (AvgIpc) is 2.72. The number of carbonyl (C=O) groups is 2. The number of unbranched alkanes of at least 4 members (excludes halogenated alkanes) is 1. The lowest BCUT2D eigenvalue weighted by Gasteiger charge is -2.21. The summed E-state index contributed by atoms with van der Waals surface area (Å²) >= 11 is 12.1. The van der Waals surface area contributed by atoms with Gasteiger partial charge in [-0.25, -0.2) is 0 Å². The van der Waals surface area contributed by atoms with E-state index in [1.165, 1.54) is 12.1 Å². The van der Waals surface area contributed by atoms with Gasteiger partial charge in [0.05, 0.1) is 10.7 Å². The van der Waals surface area contributed by atoms with Gasteiger partial charge in [0.1, 0.15) is 5.78 Å². The molecule has 0 saturated heterocycles. The predicted molar refractivity (Wildman–Crippen MR) is 84.3 cm³/mol. The molecule has 0 aliphatic carbocycles. The van der Waals surface area contributed by atoms with Crippen LogP contribution in [0.25, 0.3) is 0 Å². The number of fused-ring (bicyclic) bond motifs is 1. The van der Waals surface area contributed by atoms with Crippen molar-refractivity contribution >= 4 is 40.6 Å². The minimum Gasteiger partial charge on any atom is -0.385 e. The number of benzene rings is 1. The molecule has 0 saturated carbocycles. The summed E-state index contributed by atoms with van der Waals surface area (Å²) in [5.74, 6) is -0.889. The van der Waals surface area contributed by atoms with Gasteiger partial charge in [-0.3, -0.25) is 9.59 Å². The van der Waals surface area contributed by atoms with Crippen LogP contribution in [0.3, 0.4) is 0 Å². The van der Waals surface area contributed by atoms with Crippen molar-refractivity contribution in [3.8, 4) is 0 Å². The maximum absolute atomic E-state index is 12.1. The van der Waals surface area contributed by atoms with Crippen molar-refractivity contribution in [2.75, 3.05) is 19.0 Å². The van der Waals surface area contributed by atoms with E-state index in [-0.39, 0.29) is 39.9 Å². The van der Waals surface area contributed by atoms with Crippen LogP contribution in [-0.2, 0) is 19.9 Å². The van der Waals surface area contributed by atoms with Crippen molar-refractivity contribution in [1.82, 2.24) is 0 Å². The molecule has 1 aliphatic rings. The molecule has 0 bridgehead atoms. The molecule has 1 aromatic carbocycles. The van der Waals surface area contributed by atoms with E-state index in [0.717, 1.165) is 6.42 Å². The summed E-state index contributed by atoms with van der Waals surface area (Å²) in [6.07, 6.45) is 1.34. The van der Waals surface area contributed by atoms with Crippen molar-refractivity contribution in [3.05, 3.63) is 27.7 Å². The fourth-order valence-corrected chi connectivity index (χ4v) is 3.04. The normalized spacial score (nSPS) is 19.9. The molecule has 0 fully saturated rings. The third-order valence-corrected chi connectivity index (χ3v) is 4.27. The number of nitrogens with one attached hydrogen (secondary N) is 1. The van der Waals surface area contributed by atoms with E-state index in [4.69, 9.17) is 27.9 Å². The largest absolute Gasteiger partial charge is 0.385 e. The number of halogens is 2. The van der Waals surface area contributed by atoms with Crippen LogP contribution in [0.2, 0.25) is 10.0 Å². The Morgan fingerprint density at radius 3 is 2.68 bits per heavy atom. The quantitative estimate of drug-likeness (QED) is 0.745. The number of amides is 1. The SMILES string of the molecule is COCCCCC(=O)CC1(O)C(=O)Nc2c(Cl)ccc(Cl)c21. The van der Waals surface area contributed by atoms with Gasteiger partial charge in [0.15, 0.2) is 5.60 Å². The Balaban J connectivity index is 2.16. The summed E-state index contributed by atoms with van der Waals surface area (Å²) in [7, 11) is 1.59. The number of hydrogen-bond acceptors (Lipinski definition) is 4. The average molecular weight is 346 g/mol. The molecule has 1 atom stereocenters. The number of aliphatic hydroxyl groups is 1. The molecule has 0 aromatic heterocycles. The second-order valence-corrected chi connectivity index (χ2v) is 6.07. The molecule has 1 amide bonds. The lowest BCUT2D eigenvalue weighted by molar-refractivity contribution is -0.140. The number of Topliss-reactive ketones (excluding diaryl/α,β-unsaturated/α-hetero) is 1. The summed E-state index contributed by atoms with van der Waals surface area (Å²) in [5.41, 5.74) is -1.51. The number of hydrogen-bond donors (Lipinski definition) is 2. The summed E-state index contributed by atoms with van der Waals surface area (Å²) in [6.45, 7) is 0.572. The van der Waals surface area contributed by atoms with Gasteiger partial charge in [-0.15, -0.1) is 0 Å². The molecule has 1 heterocycles. The highest BCUT2D eigenvalue weighted by atomic mass is 35.5. The summed E-state index contributed by atoms with van der Waals surface area (Å²) in [4.78, 5) is 24.2. The highest BCUT2D eigenvalue weighted by Crippen LogP contribution is 2.46. The third-order valence-electron chi connectivity index (χ3n) is 3.64. The maximum Gasteiger partial charge on any atom is 0.261 e. The lowest BCUT2D eigenvalue weighted by Crippen LogP contribution is -2.36. The number of methoxy groups -OCH3 is 1. The number of carbonyl (C=O) groups excluding carboxylic acids is 2. The van der Waals surface area contributed by atoms with Crippen LogP contribution in [-0.4, -0.2) is 30.5 Å². The molecule has 2 N–H and O–H groups in total. The van der Waals surface area contributed by atoms with Crippen LogP contribution < -0.4 is 5.32 Å². The zero-order valence-electron chi connectivity index (χ0n) is 12.1. The van der Waals surface area contributed by atoms with Crippen LogP contribution in [0.4, 0.5) is 5.69 Å². The smallest absolute Gasteiger partial charge is 0.261 e. The second kappa shape index (κ2) is 6.96. The Morgan fingerprint density at radius 1 is 1.32 bits per heavy atom. The van der Waals surface area contributed by atoms with Gasteiger partial charge in [-0.1, -0.05) is 23.2 Å². The molecular weight excluding hydrogens is 329 g/mol. The van der Waals surface area contributed by atoms with E-state index in [0.29, 0.717) is 13.0 Å². The molecule has 22 heavy (non-hydrogen) atoms. The lowest BCUT2D eigenvalue weighted by atomic mass is 9.88. The molecular formula is C15H17Cl2NO4. The van der Waals surface area contributed by atoms with Gasteiger partial charge in [0.2, 0.25) is 0 Å². The first-order valence-corrected chi connectivity index (χ1v) is 7.68. The molecule has 1 aromatic rings. The Hall–Kier alpha value is -1.14. The first-order chi connectivity index (χ1) is 10.4. The molecule has 5 nitrogen and oxygen atoms in total. The number of anilines is 1. The highest BCUT2D eigenvalue weighted by molar-refractivity contribution is 6.38. The third kappa shape index (κ3) is 3.27. The van der Waals surface area contributed by atoms with Gasteiger partial charge < -0.3 is 15.2 Å². The minimum atomic E-state index is -1.96. The molecule has 120 valence electrons. The van der Waals surface area contributed by atoms with Gasteiger partial charge in [0, 0.05) is 37.1 Å². The fraction of sp³-hybridized carbons (Fsp3) is 0.467. The molecule has 0 spiro atoms. The van der Waals surface area contributed by atoms with Crippen molar-refractivity contribution in [2.45, 2.75) is 31.3 Å². The first kappa shape index (κ1) is 17.2. The van der Waals surface area contributed by atoms with Crippen molar-refractivity contribution in [3.63, 3.8) is 0 Å². The molecule has 1 unspecified atom stereocenters. The van der Waals surface area contributed by atoms with E-state index in [1.807, 2.05) is 0 Å². The summed E-state index contributed by atoms with van der Waals surface area (Å²) in [5, 5.41) is 13.7. The van der Waals surface area contributed by atoms with Crippen molar-refractivity contribution in [1.29, 1.82) is 0 Å². The second-order valence-electron chi connectivity index (χ2n) is 5.26. The van der Waals surface area contributed by atoms with Crippen LogP contribution in [0.5, 0.6) is 0 Å². The first-order valence-electron chi connectivity index (χ1n) is 6.93. The van der Waals surface area contributed by atoms with Crippen LogP contribution in [0, 0.1) is 0 Å². The molecule has 7 heteroatoms. The summed E-state index contributed by atoms with van der Waals surface area (Å²) < 4.78 is 4.91. The maximum atomic E-state index is 12.1. The standard InChI is InChI=1S/C15H17Cl2NO4/c1-22-7-3-2-4-9(19)8-15(21)12-10(16)5-6-11(17)13(12)18-14(15)20/h5-6,21H,2-4,7-8H2,1H3,(H,18,20). The van der Waals surface area contributed by atoms with E-state index in [1.54, 1.807) is 7.11 Å². The Kier molecular flexibility index (Phi) is 5.45. The number of rotatable bonds is 7. The van der Waals surface area contributed by atoms with E-state index < -0.39 is 11.5 Å². The molecule has 1 aliphatic heterocycles. The van der Waals surface area contributed by atoms with E-state index in [9.17, 15) is 14.7 Å². The summed E-state index contributed by atoms with van der Waals surface area (Å²) in [6, 6.07) is 3.03. The highest BCUT2D eigenvalue weighted by Gasteiger charge is 2.48. The Bertz CT molecular complexity index is 605. The zero-order valence-corrected chi connectivity index (χ0v) is 13.6. The number of ketones is 1. The van der Waals surface area contributed by atoms with E-state index in [2.05, 4.69) is 5.32 Å². The van der Waals surface area contributed by atoms with E-state index >= 15 is 0 Å². The zero-order chi connectivity index (χ0) is 16.3. The minimum absolute atomic E-state index is 0.178. The van der Waals surface area contributed by atoms with Crippen LogP contribution in [0.15, 0.2) is 12.1 Å². The van der Waals surface area contributed by atoms with Gasteiger partial charge >= 0.3 is 0 Å². The fourth-order valence-electron chi connectivity index (χ4n) is 2.52. The molecule has 0 radical (unpaired) electrons. The topological polar surface area (TPSA) is 75.6 Å². The monoisotopic (exact) mass is 345 g/mol. The van der Waals surface area contributed by atoms with Crippen molar-refractivity contribution < 1.29 is 19.4 Å².